The van der Waals surface area contributed by atoms with Crippen LogP contribution in [0.25, 0.3) is 0 Å². The molecular weight excluding hydrogens is 210 g/mol. The molecule has 0 aliphatic carbocycles. The molecule has 1 radical (unpaired) electrons. The van der Waals surface area contributed by atoms with Crippen molar-refractivity contribution in [1.29, 1.82) is 5.26 Å². The third kappa shape index (κ3) is 23.2. The van der Waals surface area contributed by atoms with Crippen molar-refractivity contribution in [2.75, 3.05) is 0 Å². The van der Waals surface area contributed by atoms with Gasteiger partial charge in [0.2, 0.25) is 0 Å². The maximum Gasteiger partial charge on any atom is 1.00 e. The molecule has 0 unspecified atom stereocenters. The number of hydrogen-bond donors (Lipinski definition) is 0. The molecule has 69 valence electrons. The van der Waals surface area contributed by atoms with Crippen LogP contribution in [0.2, 0.25) is 0 Å². The Morgan fingerprint density at radius 1 is 1.29 bits per heavy atom. The van der Waals surface area contributed by atoms with E-state index >= 15 is 0 Å². The van der Waals surface area contributed by atoms with E-state index in [0.717, 1.165) is 0 Å². The number of nitrogens with zero attached hydrogens (tertiary/aromatic N) is 1. The van der Waals surface area contributed by atoms with Crippen LogP contribution in [0.5, 0.6) is 0 Å². The minimum atomic E-state index is -0.248. The molecule has 0 fully saturated rings. The van der Waals surface area contributed by atoms with Gasteiger partial charge in [-0.3, -0.25) is 0 Å². The maximum absolute atomic E-state index is 10.7. The van der Waals surface area contributed by atoms with E-state index in [-0.39, 0.29) is 84.8 Å². The molecule has 0 aliphatic heterocycles. The summed E-state index contributed by atoms with van der Waals surface area (Å²) < 4.78 is 0. The van der Waals surface area contributed by atoms with Crippen LogP contribution in [0.1, 0.15) is 20.8 Å². The first-order valence-electron chi connectivity index (χ1n) is 2.87. The van der Waals surface area contributed by atoms with E-state index < -0.39 is 0 Å². The Morgan fingerprint density at radius 2 is 1.50 bits per heavy atom. The first kappa shape index (κ1) is 36.2. The van der Waals surface area contributed by atoms with Gasteiger partial charge in [-0.2, -0.15) is 0 Å². The quantitative estimate of drug-likeness (QED) is 0.234. The number of rotatable bonds is 0. The molecule has 0 rings (SSSR count). The molecule has 0 aromatic carbocycles. The average molecular weight is 223 g/mol. The van der Waals surface area contributed by atoms with Gasteiger partial charge in [-0.1, -0.05) is 26.2 Å². The van der Waals surface area contributed by atoms with E-state index in [4.69, 9.17) is 11.8 Å². The van der Waals surface area contributed by atoms with Gasteiger partial charge in [0.05, 0.1) is 0 Å². The summed E-state index contributed by atoms with van der Waals surface area (Å²) in [5.74, 6) is 0.0949. The fourth-order valence-electron chi connectivity index (χ4n) is 0.306. The monoisotopic (exact) mass is 222 g/mol. The molecule has 6 heteroatoms. The fraction of sp³-hybridized carbons (Fsp3) is 0.500. The molecule has 0 heterocycles. The van der Waals surface area contributed by atoms with Crippen molar-refractivity contribution in [1.82, 2.24) is 0 Å². The van der Waals surface area contributed by atoms with Crippen LogP contribution in [-0.4, -0.2) is 18.9 Å². The van der Waals surface area contributed by atoms with Crippen LogP contribution < -0.4 is 42.8 Å². The fourth-order valence-corrected chi connectivity index (χ4v) is 0.306. The maximum atomic E-state index is 10.7. The van der Waals surface area contributed by atoms with Gasteiger partial charge in [0.25, 0.3) is 0 Å². The molecule has 0 N–H and O–H groups in total. The first-order chi connectivity index (χ1) is 4.48. The molecule has 0 spiro atoms. The van der Waals surface area contributed by atoms with Gasteiger partial charge in [-0.05, 0) is 0 Å². The SMILES string of the molecule is [C-]#N.[CH2-]/C=C(\[O-])C(C)(C)C.[Cu+].[Li+].[Li+].[Li]. The Kier molecular flexibility index (Phi) is 51.0. The Morgan fingerprint density at radius 3 is 1.50 bits per heavy atom. The van der Waals surface area contributed by atoms with E-state index in [0.29, 0.717) is 0 Å². The zero-order chi connectivity index (χ0) is 8.78. The van der Waals surface area contributed by atoms with Crippen molar-refractivity contribution in [2.24, 2.45) is 5.41 Å². The van der Waals surface area contributed by atoms with Crippen LogP contribution >= 0.6 is 0 Å². The molecule has 0 aliphatic rings. The van der Waals surface area contributed by atoms with Crippen molar-refractivity contribution in [3.8, 4) is 0 Å². The Bertz CT molecular complexity index is 143. The van der Waals surface area contributed by atoms with E-state index in [1.165, 1.54) is 6.08 Å². The van der Waals surface area contributed by atoms with Gasteiger partial charge < -0.3 is 22.7 Å². The van der Waals surface area contributed by atoms with Gasteiger partial charge >= 0.3 is 54.8 Å². The van der Waals surface area contributed by atoms with Crippen molar-refractivity contribution < 1.29 is 59.9 Å². The average Bonchev–Trinajstić information content (AvgIpc) is 1.89. The van der Waals surface area contributed by atoms with Crippen LogP contribution in [0.4, 0.5) is 0 Å². The molecule has 14 heavy (non-hydrogen) atoms. The van der Waals surface area contributed by atoms with Crippen LogP contribution in [-0.2, 0) is 17.1 Å². The van der Waals surface area contributed by atoms with Crippen LogP contribution in [0.15, 0.2) is 11.8 Å². The summed E-state index contributed by atoms with van der Waals surface area (Å²) in [4.78, 5) is 0. The summed E-state index contributed by atoms with van der Waals surface area (Å²) in [5.41, 5.74) is -0.248. The second-order valence-electron chi connectivity index (χ2n) is 2.82. The molecule has 0 saturated carbocycles. The van der Waals surface area contributed by atoms with Gasteiger partial charge in [-0.15, -0.1) is 0 Å². The molecule has 0 atom stereocenters. The van der Waals surface area contributed by atoms with E-state index in [9.17, 15) is 5.11 Å². The Labute approximate surface area is 134 Å². The number of allylic oxidation sites excluding steroid dienone is 2. The predicted molar refractivity (Wildman–Crippen MR) is 43.6 cm³/mol. The third-order valence-electron chi connectivity index (χ3n) is 0.925. The second kappa shape index (κ2) is 19.7. The molecule has 2 nitrogen and oxygen atoms in total. The van der Waals surface area contributed by atoms with Crippen molar-refractivity contribution in [2.45, 2.75) is 20.8 Å². The van der Waals surface area contributed by atoms with Gasteiger partial charge in [0.1, 0.15) is 0 Å². The van der Waals surface area contributed by atoms with Crippen molar-refractivity contribution in [3.63, 3.8) is 0 Å². The molecule has 0 bridgehead atoms. The molecule has 0 saturated heterocycles. The summed E-state index contributed by atoms with van der Waals surface area (Å²) in [6, 6.07) is 0. The van der Waals surface area contributed by atoms with Crippen molar-refractivity contribution >= 4 is 18.9 Å². The van der Waals surface area contributed by atoms with E-state index in [1.54, 1.807) is 0 Å². The van der Waals surface area contributed by atoms with E-state index in [1.807, 2.05) is 20.8 Å². The summed E-state index contributed by atoms with van der Waals surface area (Å²) in [7, 11) is 0. The largest absolute Gasteiger partial charge is 1.00 e. The number of hydrogen-bond acceptors (Lipinski definition) is 2. The van der Waals surface area contributed by atoms with Crippen LogP contribution in [0.3, 0.4) is 0 Å². The van der Waals surface area contributed by atoms with Gasteiger partial charge in [-0.25, -0.2) is 13.0 Å². The zero-order valence-corrected chi connectivity index (χ0v) is 10.9. The third-order valence-corrected chi connectivity index (χ3v) is 0.925. The Balaban J connectivity index is -0.0000000250. The second-order valence-corrected chi connectivity index (χ2v) is 2.82. The molecule has 0 aromatic heterocycles. The van der Waals surface area contributed by atoms with Gasteiger partial charge in [0.15, 0.2) is 0 Å². The topological polar surface area (TPSA) is 46.8 Å². The summed E-state index contributed by atoms with van der Waals surface area (Å²) in [6.45, 7) is 13.7. The molecule has 0 amide bonds. The van der Waals surface area contributed by atoms with Crippen molar-refractivity contribution in [3.05, 3.63) is 25.3 Å². The molecule has 0 aromatic rings. The molecular formula is C8H12CuLi3NO. The minimum Gasteiger partial charge on any atom is -0.956 e. The Hall–Kier alpha value is 1.21. The van der Waals surface area contributed by atoms with Gasteiger partial charge in [0, 0.05) is 18.9 Å². The predicted octanol–water partition coefficient (Wildman–Crippen LogP) is -5.17. The summed E-state index contributed by atoms with van der Waals surface area (Å²) >= 11 is 0. The smallest absolute Gasteiger partial charge is 0.956 e. The standard InChI is InChI=1S/C7H13O.CN.Cu.3Li/c1-5-6(8)7(2,3)4;1-2;;;;/h5,8H,1H2,2-4H3;;;;;/q2*-1;+1;;2*+1/p-1/b6-5-;;;;;. The minimum absolute atomic E-state index is 0. The van der Waals surface area contributed by atoms with Crippen LogP contribution in [0, 0.1) is 24.2 Å². The first-order valence-corrected chi connectivity index (χ1v) is 2.87. The summed E-state index contributed by atoms with van der Waals surface area (Å²) in [5, 5.41) is 17.0. The van der Waals surface area contributed by atoms with E-state index in [2.05, 4.69) is 6.92 Å². The zero-order valence-electron chi connectivity index (χ0n) is 9.94. The normalized spacial score (nSPS) is 8.21. The summed E-state index contributed by atoms with van der Waals surface area (Å²) in [6.07, 6.45) is 1.36.